The predicted octanol–water partition coefficient (Wildman–Crippen LogP) is 4.51. The lowest BCUT2D eigenvalue weighted by Crippen LogP contribution is -2.09. The Morgan fingerprint density at radius 1 is 1.32 bits per heavy atom. The first-order valence-electron chi connectivity index (χ1n) is 6.72. The Balaban J connectivity index is 2.25. The van der Waals surface area contributed by atoms with Crippen molar-refractivity contribution < 1.29 is 9.13 Å². The number of halogens is 3. The SMILES string of the molecule is COc1ccc(F)c(C2=NCCNc3ccc(Br)c(Cl)c32)c1. The van der Waals surface area contributed by atoms with Gasteiger partial charge < -0.3 is 10.1 Å². The van der Waals surface area contributed by atoms with Crippen molar-refractivity contribution in [1.29, 1.82) is 0 Å². The van der Waals surface area contributed by atoms with Crippen molar-refractivity contribution in [1.82, 2.24) is 0 Å². The smallest absolute Gasteiger partial charge is 0.132 e. The molecule has 2 aromatic carbocycles. The fourth-order valence-corrected chi connectivity index (χ4v) is 2.98. The maximum atomic E-state index is 14.3. The van der Waals surface area contributed by atoms with Crippen molar-refractivity contribution >= 4 is 38.9 Å². The largest absolute Gasteiger partial charge is 0.497 e. The van der Waals surface area contributed by atoms with Gasteiger partial charge in [0, 0.05) is 27.8 Å². The quantitative estimate of drug-likeness (QED) is 0.827. The third kappa shape index (κ3) is 2.71. The van der Waals surface area contributed by atoms with Crippen molar-refractivity contribution in [3.05, 3.63) is 56.8 Å². The van der Waals surface area contributed by atoms with Crippen LogP contribution in [0, 0.1) is 5.82 Å². The summed E-state index contributed by atoms with van der Waals surface area (Å²) >= 11 is 9.85. The third-order valence-corrected chi connectivity index (χ3v) is 4.74. The number of benzodiazepines with no additional fused rings is 1. The zero-order valence-corrected chi connectivity index (χ0v) is 14.1. The van der Waals surface area contributed by atoms with Crippen molar-refractivity contribution in [2.45, 2.75) is 0 Å². The fraction of sp³-hybridized carbons (Fsp3) is 0.188. The minimum absolute atomic E-state index is 0.358. The van der Waals surface area contributed by atoms with Crippen LogP contribution < -0.4 is 10.1 Å². The standard InChI is InChI=1S/C16H13BrClFN2O/c1-22-9-2-4-12(19)10(8-9)16-14-13(20-6-7-21-16)5-3-11(17)15(14)18/h2-5,8,20H,6-7H2,1H3. The average Bonchev–Trinajstić information content (AvgIpc) is 2.74. The van der Waals surface area contributed by atoms with Crippen LogP contribution in [0.3, 0.4) is 0 Å². The highest BCUT2D eigenvalue weighted by molar-refractivity contribution is 9.10. The number of hydrogen-bond donors (Lipinski definition) is 1. The van der Waals surface area contributed by atoms with Gasteiger partial charge in [-0.15, -0.1) is 0 Å². The lowest BCUT2D eigenvalue weighted by atomic mass is 9.99. The van der Waals surface area contributed by atoms with Crippen LogP contribution in [0.1, 0.15) is 11.1 Å². The second kappa shape index (κ2) is 6.26. The summed E-state index contributed by atoms with van der Waals surface area (Å²) in [5.74, 6) is 0.215. The molecule has 0 spiro atoms. The summed E-state index contributed by atoms with van der Waals surface area (Å²) in [5.41, 5.74) is 2.44. The van der Waals surface area contributed by atoms with Gasteiger partial charge in [-0.1, -0.05) is 11.6 Å². The molecule has 0 amide bonds. The fourth-order valence-electron chi connectivity index (χ4n) is 2.40. The minimum atomic E-state index is -0.358. The molecule has 22 heavy (non-hydrogen) atoms. The third-order valence-electron chi connectivity index (χ3n) is 3.46. The van der Waals surface area contributed by atoms with E-state index in [-0.39, 0.29) is 5.82 Å². The van der Waals surface area contributed by atoms with Crippen LogP contribution in [0.4, 0.5) is 10.1 Å². The van der Waals surface area contributed by atoms with Crippen molar-refractivity contribution in [2.75, 3.05) is 25.5 Å². The van der Waals surface area contributed by atoms with E-state index < -0.39 is 0 Å². The van der Waals surface area contributed by atoms with Crippen LogP contribution in [0.5, 0.6) is 5.75 Å². The molecule has 1 aliphatic rings. The van der Waals surface area contributed by atoms with Crippen LogP contribution in [-0.2, 0) is 0 Å². The summed E-state index contributed by atoms with van der Waals surface area (Å²) in [5, 5.41) is 3.77. The minimum Gasteiger partial charge on any atom is -0.497 e. The van der Waals surface area contributed by atoms with E-state index in [1.165, 1.54) is 6.07 Å². The zero-order valence-electron chi connectivity index (χ0n) is 11.8. The monoisotopic (exact) mass is 382 g/mol. The van der Waals surface area contributed by atoms with Gasteiger partial charge in [0.1, 0.15) is 11.6 Å². The molecule has 114 valence electrons. The molecule has 0 saturated carbocycles. The molecule has 0 radical (unpaired) electrons. The van der Waals surface area contributed by atoms with Gasteiger partial charge in [-0.3, -0.25) is 4.99 Å². The Hall–Kier alpha value is -1.59. The summed E-state index contributed by atoms with van der Waals surface area (Å²) in [6, 6.07) is 8.36. The Morgan fingerprint density at radius 3 is 2.91 bits per heavy atom. The molecule has 3 nitrogen and oxygen atoms in total. The van der Waals surface area contributed by atoms with Gasteiger partial charge in [0.25, 0.3) is 0 Å². The molecule has 2 aromatic rings. The Labute approximate surface area is 141 Å². The highest BCUT2D eigenvalue weighted by Crippen LogP contribution is 2.35. The normalized spacial score (nSPS) is 13.7. The van der Waals surface area contributed by atoms with Gasteiger partial charge in [-0.05, 0) is 46.3 Å². The molecule has 1 aliphatic heterocycles. The summed E-state index contributed by atoms with van der Waals surface area (Å²) in [4.78, 5) is 4.53. The first kappa shape index (κ1) is 15.3. The molecule has 1 N–H and O–H groups in total. The number of nitrogens with zero attached hydrogens (tertiary/aromatic N) is 1. The maximum absolute atomic E-state index is 14.3. The van der Waals surface area contributed by atoms with E-state index in [2.05, 4.69) is 26.2 Å². The van der Waals surface area contributed by atoms with Crippen molar-refractivity contribution in [2.24, 2.45) is 4.99 Å². The molecular weight excluding hydrogens is 371 g/mol. The van der Waals surface area contributed by atoms with Gasteiger partial charge in [0.15, 0.2) is 0 Å². The second-order valence-electron chi connectivity index (χ2n) is 4.79. The number of ether oxygens (including phenoxy) is 1. The average molecular weight is 384 g/mol. The molecule has 0 aromatic heterocycles. The maximum Gasteiger partial charge on any atom is 0.132 e. The van der Waals surface area contributed by atoms with E-state index in [1.807, 2.05) is 12.1 Å². The summed E-state index contributed by atoms with van der Waals surface area (Å²) in [6.45, 7) is 1.20. The lowest BCUT2D eigenvalue weighted by Gasteiger charge is -2.14. The van der Waals surface area contributed by atoms with E-state index in [0.29, 0.717) is 40.7 Å². The number of fused-ring (bicyclic) bond motifs is 1. The number of rotatable bonds is 2. The van der Waals surface area contributed by atoms with E-state index in [0.717, 1.165) is 10.2 Å². The highest BCUT2D eigenvalue weighted by atomic mass is 79.9. The number of methoxy groups -OCH3 is 1. The molecule has 0 aliphatic carbocycles. The molecule has 6 heteroatoms. The second-order valence-corrected chi connectivity index (χ2v) is 6.02. The number of hydrogen-bond acceptors (Lipinski definition) is 3. The van der Waals surface area contributed by atoms with Crippen LogP contribution in [0.25, 0.3) is 0 Å². The Morgan fingerprint density at radius 2 is 2.14 bits per heavy atom. The molecule has 0 bridgehead atoms. The van der Waals surface area contributed by atoms with Crippen LogP contribution in [-0.4, -0.2) is 25.9 Å². The highest BCUT2D eigenvalue weighted by Gasteiger charge is 2.22. The summed E-state index contributed by atoms with van der Waals surface area (Å²) < 4.78 is 20.3. The number of anilines is 1. The molecule has 0 saturated heterocycles. The molecule has 0 atom stereocenters. The Bertz CT molecular complexity index is 764. The molecule has 0 fully saturated rings. The van der Waals surface area contributed by atoms with Crippen LogP contribution in [0.15, 0.2) is 39.8 Å². The molecular formula is C16H13BrClFN2O. The Kier molecular flexibility index (Phi) is 4.36. The van der Waals surface area contributed by atoms with Crippen molar-refractivity contribution in [3.8, 4) is 5.75 Å². The molecule has 1 heterocycles. The zero-order chi connectivity index (χ0) is 15.7. The van der Waals surface area contributed by atoms with E-state index >= 15 is 0 Å². The lowest BCUT2D eigenvalue weighted by molar-refractivity contribution is 0.413. The van der Waals surface area contributed by atoms with Gasteiger partial charge in [0.2, 0.25) is 0 Å². The van der Waals surface area contributed by atoms with Crippen LogP contribution in [0.2, 0.25) is 5.02 Å². The van der Waals surface area contributed by atoms with E-state index in [9.17, 15) is 4.39 Å². The van der Waals surface area contributed by atoms with Gasteiger partial charge in [0.05, 0.1) is 24.4 Å². The van der Waals surface area contributed by atoms with Gasteiger partial charge in [-0.25, -0.2) is 4.39 Å². The number of aliphatic imine (C=N–C) groups is 1. The number of nitrogens with one attached hydrogen (secondary N) is 1. The van der Waals surface area contributed by atoms with Crippen LogP contribution >= 0.6 is 27.5 Å². The number of benzene rings is 2. The van der Waals surface area contributed by atoms with E-state index in [1.54, 1.807) is 19.2 Å². The first-order chi connectivity index (χ1) is 10.6. The predicted molar refractivity (Wildman–Crippen MR) is 91.1 cm³/mol. The van der Waals surface area contributed by atoms with Crippen molar-refractivity contribution in [3.63, 3.8) is 0 Å². The topological polar surface area (TPSA) is 33.6 Å². The van der Waals surface area contributed by atoms with Gasteiger partial charge >= 0.3 is 0 Å². The summed E-state index contributed by atoms with van der Waals surface area (Å²) in [7, 11) is 1.55. The van der Waals surface area contributed by atoms with Gasteiger partial charge in [-0.2, -0.15) is 0 Å². The molecule has 0 unspecified atom stereocenters. The van der Waals surface area contributed by atoms with E-state index in [4.69, 9.17) is 16.3 Å². The molecule has 3 rings (SSSR count). The summed E-state index contributed by atoms with van der Waals surface area (Å²) in [6.07, 6.45) is 0. The first-order valence-corrected chi connectivity index (χ1v) is 7.89.